The second-order valence-corrected chi connectivity index (χ2v) is 8.00. The predicted octanol–water partition coefficient (Wildman–Crippen LogP) is 5.91. The Labute approximate surface area is 161 Å². The number of benzene rings is 1. The molecule has 1 aromatic carbocycles. The third-order valence-electron chi connectivity index (χ3n) is 4.74. The molecule has 0 atom stereocenters. The van der Waals surface area contributed by atoms with Gasteiger partial charge in [0.15, 0.2) is 5.13 Å². The highest BCUT2D eigenvalue weighted by molar-refractivity contribution is 7.22. The van der Waals surface area contributed by atoms with E-state index in [-0.39, 0.29) is 5.28 Å². The van der Waals surface area contributed by atoms with Gasteiger partial charge in [0.25, 0.3) is 0 Å². The Balaban J connectivity index is 1.39. The lowest BCUT2D eigenvalue weighted by molar-refractivity contribution is 0.345. The van der Waals surface area contributed by atoms with Crippen LogP contribution in [-0.4, -0.2) is 21.5 Å². The Morgan fingerprint density at radius 3 is 2.88 bits per heavy atom. The van der Waals surface area contributed by atoms with Crippen molar-refractivity contribution in [3.05, 3.63) is 35.7 Å². The Kier molecular flexibility index (Phi) is 5.51. The summed E-state index contributed by atoms with van der Waals surface area (Å²) in [4.78, 5) is 12.6. The van der Waals surface area contributed by atoms with E-state index >= 15 is 0 Å². The molecule has 1 fully saturated rings. The molecule has 0 bridgehead atoms. The van der Waals surface area contributed by atoms with E-state index in [4.69, 9.17) is 16.3 Å². The van der Waals surface area contributed by atoms with Crippen LogP contribution in [0.15, 0.2) is 30.5 Å². The molecule has 1 N–H and O–H groups in total. The molecule has 1 saturated carbocycles. The molecule has 0 aliphatic heterocycles. The molecular weight excluding hydrogens is 368 g/mol. The fourth-order valence-electron chi connectivity index (χ4n) is 3.40. The van der Waals surface area contributed by atoms with Crippen LogP contribution >= 0.6 is 22.9 Å². The maximum absolute atomic E-state index is 5.80. The summed E-state index contributed by atoms with van der Waals surface area (Å²) in [6, 6.07) is 7.52. The molecule has 0 saturated heterocycles. The van der Waals surface area contributed by atoms with Gasteiger partial charge >= 0.3 is 0 Å². The molecule has 2 heterocycles. The molecule has 1 aliphatic rings. The molecule has 136 valence electrons. The zero-order chi connectivity index (χ0) is 17.8. The Morgan fingerprint density at radius 1 is 1.15 bits per heavy atom. The minimum atomic E-state index is 0.172. The molecule has 2 aromatic heterocycles. The van der Waals surface area contributed by atoms with E-state index in [1.54, 1.807) is 23.6 Å². The molecular formula is C19H21ClN4OS. The number of hydrogen-bond donors (Lipinski definition) is 1. The maximum Gasteiger partial charge on any atom is 0.225 e. The van der Waals surface area contributed by atoms with Gasteiger partial charge in [-0.05, 0) is 36.1 Å². The predicted molar refractivity (Wildman–Crippen MR) is 106 cm³/mol. The smallest absolute Gasteiger partial charge is 0.225 e. The number of hydrogen-bond acceptors (Lipinski definition) is 6. The lowest BCUT2D eigenvalue weighted by Gasteiger charge is -2.21. The van der Waals surface area contributed by atoms with Crippen LogP contribution in [0.3, 0.4) is 0 Å². The van der Waals surface area contributed by atoms with E-state index in [1.165, 1.54) is 38.5 Å². The van der Waals surface area contributed by atoms with Crippen molar-refractivity contribution < 1.29 is 4.74 Å². The summed E-state index contributed by atoms with van der Waals surface area (Å²) in [5.74, 6) is 2.02. The summed E-state index contributed by atoms with van der Waals surface area (Å²) in [5, 5.41) is 4.63. The second kappa shape index (κ2) is 8.18. The standard InChI is InChI=1S/C19H21ClN4OS/c20-18-21-11-9-17(24-18)25-14-6-7-15-16(12-14)26-19(23-15)22-10-8-13-4-2-1-3-5-13/h6-7,9,11-13H,1-5,8,10H2,(H,22,23). The van der Waals surface area contributed by atoms with Gasteiger partial charge in [0.2, 0.25) is 11.2 Å². The van der Waals surface area contributed by atoms with Gasteiger partial charge in [0.1, 0.15) is 5.75 Å². The lowest BCUT2D eigenvalue weighted by Crippen LogP contribution is -2.11. The van der Waals surface area contributed by atoms with Gasteiger partial charge < -0.3 is 10.1 Å². The van der Waals surface area contributed by atoms with Crippen LogP contribution in [0.1, 0.15) is 38.5 Å². The van der Waals surface area contributed by atoms with Gasteiger partial charge in [-0.1, -0.05) is 43.4 Å². The van der Waals surface area contributed by atoms with Crippen LogP contribution in [-0.2, 0) is 0 Å². The number of nitrogens with zero attached hydrogens (tertiary/aromatic N) is 3. The first-order chi connectivity index (χ1) is 12.8. The van der Waals surface area contributed by atoms with E-state index in [2.05, 4.69) is 20.3 Å². The van der Waals surface area contributed by atoms with Gasteiger partial charge in [0.05, 0.1) is 10.2 Å². The number of nitrogens with one attached hydrogen (secondary N) is 1. The largest absolute Gasteiger partial charge is 0.439 e. The number of thiazole rings is 1. The highest BCUT2D eigenvalue weighted by Gasteiger charge is 2.13. The van der Waals surface area contributed by atoms with Crippen molar-refractivity contribution in [1.29, 1.82) is 0 Å². The van der Waals surface area contributed by atoms with Crippen molar-refractivity contribution in [1.82, 2.24) is 15.0 Å². The number of fused-ring (bicyclic) bond motifs is 1. The first-order valence-corrected chi connectivity index (χ1v) is 10.3. The molecule has 0 amide bonds. The van der Waals surface area contributed by atoms with Crippen LogP contribution < -0.4 is 10.1 Å². The van der Waals surface area contributed by atoms with Crippen molar-refractivity contribution in [2.45, 2.75) is 38.5 Å². The zero-order valence-electron chi connectivity index (χ0n) is 14.4. The summed E-state index contributed by atoms with van der Waals surface area (Å²) < 4.78 is 6.85. The highest BCUT2D eigenvalue weighted by atomic mass is 35.5. The lowest BCUT2D eigenvalue weighted by atomic mass is 9.87. The highest BCUT2D eigenvalue weighted by Crippen LogP contribution is 2.31. The number of aromatic nitrogens is 3. The summed E-state index contributed by atoms with van der Waals surface area (Å²) in [7, 11) is 0. The SMILES string of the molecule is Clc1nccc(Oc2ccc3nc(NCCC4CCCCC4)sc3c2)n1. The number of ether oxygens (including phenoxy) is 1. The Hall–Kier alpha value is -1.92. The van der Waals surface area contributed by atoms with Crippen molar-refractivity contribution in [2.75, 3.05) is 11.9 Å². The van der Waals surface area contributed by atoms with Crippen molar-refractivity contribution in [2.24, 2.45) is 5.92 Å². The number of anilines is 1. The minimum Gasteiger partial charge on any atom is -0.439 e. The maximum atomic E-state index is 5.80. The fraction of sp³-hybridized carbons (Fsp3) is 0.421. The Morgan fingerprint density at radius 2 is 2.04 bits per heavy atom. The van der Waals surface area contributed by atoms with Gasteiger partial charge in [-0.3, -0.25) is 0 Å². The average molecular weight is 389 g/mol. The van der Waals surface area contributed by atoms with E-state index < -0.39 is 0 Å². The van der Waals surface area contributed by atoms with Crippen molar-refractivity contribution in [3.63, 3.8) is 0 Å². The third-order valence-corrected chi connectivity index (χ3v) is 5.89. The molecule has 5 nitrogen and oxygen atoms in total. The van der Waals surface area contributed by atoms with Crippen LogP contribution in [0.4, 0.5) is 5.13 Å². The minimum absolute atomic E-state index is 0.172. The quantitative estimate of drug-likeness (QED) is 0.531. The normalized spacial score (nSPS) is 15.3. The summed E-state index contributed by atoms with van der Waals surface area (Å²) in [6.45, 7) is 0.993. The first-order valence-electron chi connectivity index (χ1n) is 9.07. The molecule has 0 radical (unpaired) electrons. The molecule has 3 aromatic rings. The van der Waals surface area contributed by atoms with Crippen molar-refractivity contribution >= 4 is 38.3 Å². The van der Waals surface area contributed by atoms with Crippen LogP contribution in [0.2, 0.25) is 5.28 Å². The third kappa shape index (κ3) is 4.43. The molecule has 0 spiro atoms. The van der Waals surface area contributed by atoms with E-state index in [0.717, 1.165) is 27.8 Å². The van der Waals surface area contributed by atoms with E-state index in [0.29, 0.717) is 11.6 Å². The van der Waals surface area contributed by atoms with Gasteiger partial charge in [-0.15, -0.1) is 0 Å². The summed E-state index contributed by atoms with van der Waals surface area (Å²) in [5.41, 5.74) is 0.975. The van der Waals surface area contributed by atoms with Crippen molar-refractivity contribution in [3.8, 4) is 11.6 Å². The van der Waals surface area contributed by atoms with Crippen LogP contribution in [0.5, 0.6) is 11.6 Å². The van der Waals surface area contributed by atoms with Gasteiger partial charge in [-0.2, -0.15) is 4.98 Å². The van der Waals surface area contributed by atoms with Gasteiger partial charge in [0, 0.05) is 24.9 Å². The summed E-state index contributed by atoms with van der Waals surface area (Å²) in [6.07, 6.45) is 9.78. The van der Waals surface area contributed by atoms with E-state index in [9.17, 15) is 0 Å². The topological polar surface area (TPSA) is 59.9 Å². The molecule has 7 heteroatoms. The van der Waals surface area contributed by atoms with Crippen LogP contribution in [0.25, 0.3) is 10.2 Å². The number of rotatable bonds is 6. The molecule has 1 aliphatic carbocycles. The number of halogens is 1. The van der Waals surface area contributed by atoms with E-state index in [1.807, 2.05) is 18.2 Å². The molecule has 4 rings (SSSR count). The zero-order valence-corrected chi connectivity index (χ0v) is 16.0. The summed E-state index contributed by atoms with van der Waals surface area (Å²) >= 11 is 7.45. The molecule has 26 heavy (non-hydrogen) atoms. The first kappa shape index (κ1) is 17.5. The Bertz CT molecular complexity index is 879. The average Bonchev–Trinajstić information content (AvgIpc) is 3.05. The van der Waals surface area contributed by atoms with Gasteiger partial charge in [-0.25, -0.2) is 9.97 Å². The van der Waals surface area contributed by atoms with Crippen LogP contribution in [0, 0.1) is 5.92 Å². The monoisotopic (exact) mass is 388 g/mol. The fourth-order valence-corrected chi connectivity index (χ4v) is 4.46. The second-order valence-electron chi connectivity index (χ2n) is 6.63. The molecule has 0 unspecified atom stereocenters.